The number of nitrogens with one attached hydrogen (secondary N) is 1. The van der Waals surface area contributed by atoms with Gasteiger partial charge < -0.3 is 14.8 Å². The number of rotatable bonds is 9. The molecule has 0 radical (unpaired) electrons. The number of aryl methyl sites for hydroxylation is 1. The second-order valence-electron chi connectivity index (χ2n) is 4.21. The Morgan fingerprint density at radius 2 is 2.00 bits per heavy atom. The van der Waals surface area contributed by atoms with Crippen LogP contribution in [0.5, 0.6) is 5.75 Å². The van der Waals surface area contributed by atoms with E-state index >= 15 is 0 Å². The number of unbranched alkanes of at least 4 members (excludes halogenated alkanes) is 1. The van der Waals surface area contributed by atoms with E-state index in [-0.39, 0.29) is 0 Å². The average molecular weight is 272 g/mol. The van der Waals surface area contributed by atoms with Crippen LogP contribution in [0.25, 0.3) is 0 Å². The van der Waals surface area contributed by atoms with Gasteiger partial charge in [-0.1, -0.05) is 11.6 Å². The molecule has 0 unspecified atom stereocenters. The largest absolute Gasteiger partial charge is 0.493 e. The minimum atomic E-state index is 0.744. The quantitative estimate of drug-likeness (QED) is 0.701. The second-order valence-corrected chi connectivity index (χ2v) is 4.64. The predicted octanol–water partition coefficient (Wildman–Crippen LogP) is 3.04. The highest BCUT2D eigenvalue weighted by atomic mass is 35.5. The van der Waals surface area contributed by atoms with Gasteiger partial charge in [0.2, 0.25) is 0 Å². The first-order chi connectivity index (χ1) is 8.74. The molecule has 0 aliphatic carbocycles. The Labute approximate surface area is 114 Å². The van der Waals surface area contributed by atoms with Crippen molar-refractivity contribution in [1.29, 1.82) is 0 Å². The molecule has 0 saturated heterocycles. The fourth-order valence-electron chi connectivity index (χ4n) is 1.61. The summed E-state index contributed by atoms with van der Waals surface area (Å²) in [7, 11) is 1.71. The van der Waals surface area contributed by atoms with Crippen LogP contribution in [0.2, 0.25) is 5.02 Å². The molecule has 1 N–H and O–H groups in total. The summed E-state index contributed by atoms with van der Waals surface area (Å²) < 4.78 is 10.7. The molecular formula is C14H22ClNO2. The number of ether oxygens (including phenoxy) is 2. The molecule has 0 aliphatic rings. The van der Waals surface area contributed by atoms with Gasteiger partial charge in [0, 0.05) is 18.7 Å². The Balaban J connectivity index is 2.07. The molecule has 4 heteroatoms. The smallest absolute Gasteiger partial charge is 0.122 e. The fourth-order valence-corrected chi connectivity index (χ4v) is 1.83. The Morgan fingerprint density at radius 3 is 2.72 bits per heavy atom. The number of hydrogen-bond donors (Lipinski definition) is 1. The highest BCUT2D eigenvalue weighted by molar-refractivity contribution is 6.30. The van der Waals surface area contributed by atoms with Crippen molar-refractivity contribution < 1.29 is 9.47 Å². The number of methoxy groups -OCH3 is 1. The summed E-state index contributed by atoms with van der Waals surface area (Å²) in [5, 5.41) is 4.06. The van der Waals surface area contributed by atoms with Crippen molar-refractivity contribution in [2.75, 3.05) is 33.4 Å². The first-order valence-electron chi connectivity index (χ1n) is 6.32. The summed E-state index contributed by atoms with van der Waals surface area (Å²) in [6.07, 6.45) is 2.15. The van der Waals surface area contributed by atoms with Crippen LogP contribution in [0.3, 0.4) is 0 Å². The summed E-state index contributed by atoms with van der Waals surface area (Å²) in [6, 6.07) is 5.70. The molecule has 0 aromatic heterocycles. The maximum absolute atomic E-state index is 5.89. The molecule has 0 aliphatic heterocycles. The van der Waals surface area contributed by atoms with E-state index in [2.05, 4.69) is 5.32 Å². The van der Waals surface area contributed by atoms with Gasteiger partial charge in [0.15, 0.2) is 0 Å². The SMILES string of the molecule is COCCNCCCCOc1ccc(Cl)cc1C. The van der Waals surface area contributed by atoms with E-state index in [1.54, 1.807) is 7.11 Å². The molecule has 0 spiro atoms. The Morgan fingerprint density at radius 1 is 1.17 bits per heavy atom. The lowest BCUT2D eigenvalue weighted by Gasteiger charge is -2.09. The third kappa shape index (κ3) is 6.24. The van der Waals surface area contributed by atoms with Gasteiger partial charge in [-0.2, -0.15) is 0 Å². The van der Waals surface area contributed by atoms with Gasteiger partial charge in [-0.25, -0.2) is 0 Å². The third-order valence-electron chi connectivity index (χ3n) is 2.63. The fraction of sp³-hybridized carbons (Fsp3) is 0.571. The molecule has 18 heavy (non-hydrogen) atoms. The molecule has 3 nitrogen and oxygen atoms in total. The summed E-state index contributed by atoms with van der Waals surface area (Å²) in [5.41, 5.74) is 1.08. The maximum Gasteiger partial charge on any atom is 0.122 e. The summed E-state index contributed by atoms with van der Waals surface area (Å²) in [4.78, 5) is 0. The molecular weight excluding hydrogens is 250 g/mol. The second kappa shape index (κ2) is 9.20. The lowest BCUT2D eigenvalue weighted by Crippen LogP contribution is -2.20. The number of hydrogen-bond acceptors (Lipinski definition) is 3. The van der Waals surface area contributed by atoms with Crippen molar-refractivity contribution in [1.82, 2.24) is 5.32 Å². The van der Waals surface area contributed by atoms with E-state index in [4.69, 9.17) is 21.1 Å². The number of halogens is 1. The van der Waals surface area contributed by atoms with Crippen molar-refractivity contribution in [3.05, 3.63) is 28.8 Å². The van der Waals surface area contributed by atoms with Crippen LogP contribution in [0.15, 0.2) is 18.2 Å². The van der Waals surface area contributed by atoms with Crippen LogP contribution in [0.1, 0.15) is 18.4 Å². The van der Waals surface area contributed by atoms with Gasteiger partial charge in [0.25, 0.3) is 0 Å². The Kier molecular flexibility index (Phi) is 7.81. The van der Waals surface area contributed by atoms with E-state index in [9.17, 15) is 0 Å². The van der Waals surface area contributed by atoms with E-state index < -0.39 is 0 Å². The first kappa shape index (κ1) is 15.3. The van der Waals surface area contributed by atoms with Gasteiger partial charge >= 0.3 is 0 Å². The van der Waals surface area contributed by atoms with E-state index in [0.717, 1.165) is 55.5 Å². The molecule has 0 fully saturated rings. The monoisotopic (exact) mass is 271 g/mol. The molecule has 1 aromatic rings. The zero-order valence-electron chi connectivity index (χ0n) is 11.2. The maximum atomic E-state index is 5.89. The molecule has 102 valence electrons. The van der Waals surface area contributed by atoms with Crippen LogP contribution < -0.4 is 10.1 Å². The van der Waals surface area contributed by atoms with Gasteiger partial charge in [-0.05, 0) is 50.1 Å². The molecule has 1 rings (SSSR count). The van der Waals surface area contributed by atoms with Gasteiger partial charge in [-0.3, -0.25) is 0 Å². The highest BCUT2D eigenvalue weighted by Crippen LogP contribution is 2.21. The molecule has 0 saturated carbocycles. The molecule has 1 aromatic carbocycles. The zero-order chi connectivity index (χ0) is 13.2. The molecule has 0 atom stereocenters. The summed E-state index contributed by atoms with van der Waals surface area (Å²) >= 11 is 5.89. The van der Waals surface area contributed by atoms with Crippen LogP contribution in [-0.4, -0.2) is 33.4 Å². The topological polar surface area (TPSA) is 30.5 Å². The van der Waals surface area contributed by atoms with Crippen LogP contribution in [0.4, 0.5) is 0 Å². The lowest BCUT2D eigenvalue weighted by molar-refractivity contribution is 0.199. The van der Waals surface area contributed by atoms with Gasteiger partial charge in [-0.15, -0.1) is 0 Å². The van der Waals surface area contributed by atoms with Crippen LogP contribution in [-0.2, 0) is 4.74 Å². The molecule has 0 heterocycles. The number of benzene rings is 1. The van der Waals surface area contributed by atoms with E-state index in [1.165, 1.54) is 0 Å². The minimum absolute atomic E-state index is 0.744. The Hall–Kier alpha value is -0.770. The van der Waals surface area contributed by atoms with Crippen molar-refractivity contribution >= 4 is 11.6 Å². The van der Waals surface area contributed by atoms with Crippen molar-refractivity contribution in [2.24, 2.45) is 0 Å². The van der Waals surface area contributed by atoms with Gasteiger partial charge in [0.05, 0.1) is 13.2 Å². The zero-order valence-corrected chi connectivity index (χ0v) is 11.9. The Bertz CT molecular complexity index is 345. The standard InChI is InChI=1S/C14H22ClNO2/c1-12-11-13(15)5-6-14(12)18-9-4-3-7-16-8-10-17-2/h5-6,11,16H,3-4,7-10H2,1-2H3. The normalized spacial score (nSPS) is 10.6. The van der Waals surface area contributed by atoms with Crippen molar-refractivity contribution in [2.45, 2.75) is 19.8 Å². The van der Waals surface area contributed by atoms with Crippen molar-refractivity contribution in [3.8, 4) is 5.75 Å². The minimum Gasteiger partial charge on any atom is -0.493 e. The highest BCUT2D eigenvalue weighted by Gasteiger charge is 1.99. The summed E-state index contributed by atoms with van der Waals surface area (Å²) in [5.74, 6) is 0.923. The molecule has 0 bridgehead atoms. The average Bonchev–Trinajstić information content (AvgIpc) is 2.35. The van der Waals surface area contributed by atoms with E-state index in [1.807, 2.05) is 25.1 Å². The predicted molar refractivity (Wildman–Crippen MR) is 75.7 cm³/mol. The third-order valence-corrected chi connectivity index (χ3v) is 2.86. The summed E-state index contributed by atoms with van der Waals surface area (Å²) in [6.45, 7) is 5.43. The first-order valence-corrected chi connectivity index (χ1v) is 6.70. The van der Waals surface area contributed by atoms with Crippen molar-refractivity contribution in [3.63, 3.8) is 0 Å². The molecule has 0 amide bonds. The lowest BCUT2D eigenvalue weighted by atomic mass is 10.2. The van der Waals surface area contributed by atoms with E-state index in [0.29, 0.717) is 0 Å². The van der Waals surface area contributed by atoms with Crippen LogP contribution in [0, 0.1) is 6.92 Å². The van der Waals surface area contributed by atoms with Gasteiger partial charge in [0.1, 0.15) is 5.75 Å². The van der Waals surface area contributed by atoms with Crippen LogP contribution >= 0.6 is 11.6 Å².